The summed E-state index contributed by atoms with van der Waals surface area (Å²) >= 11 is 0. The molecule has 34 heavy (non-hydrogen) atoms. The number of fused-ring (bicyclic) bond motifs is 4. The maximum absolute atomic E-state index is 13.0. The quantitative estimate of drug-likeness (QED) is 0.422. The third-order valence-electron chi connectivity index (χ3n) is 10.1. The van der Waals surface area contributed by atoms with Crippen molar-refractivity contribution >= 4 is 24.3 Å². The number of esters is 2. The molecule has 0 N–H and O–H groups in total. The van der Waals surface area contributed by atoms with Crippen molar-refractivity contribution in [1.82, 2.24) is 4.90 Å². The molecule has 5 fully saturated rings. The predicted octanol–water partition coefficient (Wildman–Crippen LogP) is 2.03. The number of rotatable bonds is 5. The minimum Gasteiger partial charge on any atom is -0.458 e. The van der Waals surface area contributed by atoms with Crippen LogP contribution in [-0.4, -0.2) is 85.3 Å². The van der Waals surface area contributed by atoms with Gasteiger partial charge in [-0.2, -0.15) is 0 Å². The van der Waals surface area contributed by atoms with Crippen molar-refractivity contribution < 1.29 is 33.3 Å². The highest BCUT2D eigenvalue weighted by Gasteiger charge is 3.01. The lowest BCUT2D eigenvalue weighted by Crippen LogP contribution is -2.70. The van der Waals surface area contributed by atoms with Crippen LogP contribution in [0.3, 0.4) is 0 Å². The predicted molar refractivity (Wildman–Crippen MR) is 121 cm³/mol. The maximum atomic E-state index is 13.0. The Kier molecular flexibility index (Phi) is 4.62. The van der Waals surface area contributed by atoms with Gasteiger partial charge in [0, 0.05) is 17.5 Å². The summed E-state index contributed by atoms with van der Waals surface area (Å²) < 4.78 is 31.5. The van der Waals surface area contributed by atoms with Crippen LogP contribution in [0, 0.1) is 17.3 Å². The monoisotopic (exact) mass is 495 g/mol. The van der Waals surface area contributed by atoms with E-state index in [1.807, 2.05) is 19.0 Å². The van der Waals surface area contributed by atoms with Gasteiger partial charge in [0.05, 0.1) is 12.5 Å². The van der Waals surface area contributed by atoms with Crippen molar-refractivity contribution in [3.8, 4) is 0 Å². The summed E-state index contributed by atoms with van der Waals surface area (Å²) in [6, 6.07) is 0. The van der Waals surface area contributed by atoms with Crippen LogP contribution in [0.5, 0.6) is 0 Å². The molecule has 0 aromatic rings. The number of epoxide rings is 3. The minimum atomic E-state index is -0.671. The first kappa shape index (κ1) is 23.2. The molecular weight excluding hydrogens is 462 g/mol. The Morgan fingerprint density at radius 1 is 1.21 bits per heavy atom. The minimum absolute atomic E-state index is 0. The Labute approximate surface area is 206 Å². The van der Waals surface area contributed by atoms with Crippen LogP contribution in [0.15, 0.2) is 11.1 Å². The number of carbonyl (C=O) groups is 2. The summed E-state index contributed by atoms with van der Waals surface area (Å²) in [6.45, 7) is 7.58. The van der Waals surface area contributed by atoms with Gasteiger partial charge in [-0.15, -0.1) is 12.4 Å². The number of nitrogens with zero attached hydrogens (tertiary/aromatic N) is 1. The van der Waals surface area contributed by atoms with Gasteiger partial charge in [-0.05, 0) is 50.8 Å². The van der Waals surface area contributed by atoms with E-state index in [-0.39, 0.29) is 59.9 Å². The van der Waals surface area contributed by atoms with Crippen molar-refractivity contribution in [2.45, 2.75) is 87.7 Å². The van der Waals surface area contributed by atoms with Gasteiger partial charge in [0.2, 0.25) is 0 Å². The van der Waals surface area contributed by atoms with Gasteiger partial charge in [-0.1, -0.05) is 20.8 Å². The summed E-state index contributed by atoms with van der Waals surface area (Å²) in [4.78, 5) is 27.3. The Morgan fingerprint density at radius 2 is 1.97 bits per heavy atom. The molecule has 3 aliphatic carbocycles. The first-order valence-corrected chi connectivity index (χ1v) is 12.4. The Bertz CT molecular complexity index is 1010. The third-order valence-corrected chi connectivity index (χ3v) is 10.1. The largest absolute Gasteiger partial charge is 0.458 e. The van der Waals surface area contributed by atoms with E-state index in [1.165, 1.54) is 0 Å². The van der Waals surface area contributed by atoms with E-state index in [4.69, 9.17) is 23.7 Å². The molecule has 2 spiro atoms. The number of ether oxygens (including phenoxy) is 5. The van der Waals surface area contributed by atoms with E-state index in [0.29, 0.717) is 26.0 Å². The van der Waals surface area contributed by atoms with Gasteiger partial charge >= 0.3 is 11.9 Å². The van der Waals surface area contributed by atoms with Gasteiger partial charge in [0.1, 0.15) is 30.0 Å². The van der Waals surface area contributed by atoms with Crippen molar-refractivity contribution in [2.24, 2.45) is 17.3 Å². The van der Waals surface area contributed by atoms with E-state index < -0.39 is 22.9 Å². The van der Waals surface area contributed by atoms with Crippen molar-refractivity contribution in [2.75, 3.05) is 27.2 Å². The van der Waals surface area contributed by atoms with Crippen LogP contribution in [0.25, 0.3) is 0 Å². The zero-order valence-electron chi connectivity index (χ0n) is 20.4. The second kappa shape index (κ2) is 6.76. The highest BCUT2D eigenvalue weighted by Crippen LogP contribution is 2.83. The van der Waals surface area contributed by atoms with Gasteiger partial charge in [0.25, 0.3) is 0 Å². The van der Waals surface area contributed by atoms with Crippen LogP contribution >= 0.6 is 12.4 Å². The Hall–Kier alpha value is -1.19. The molecule has 7 aliphatic rings. The Balaban J connectivity index is 0.00000217. The molecule has 0 amide bonds. The van der Waals surface area contributed by atoms with Crippen molar-refractivity contribution in [1.29, 1.82) is 0 Å². The zero-order valence-corrected chi connectivity index (χ0v) is 21.2. The normalized spacial score (nSPS) is 50.7. The summed E-state index contributed by atoms with van der Waals surface area (Å²) in [5.41, 5.74) is 0.00143. The lowest BCUT2D eigenvalue weighted by atomic mass is 9.46. The van der Waals surface area contributed by atoms with E-state index in [0.717, 1.165) is 24.0 Å². The van der Waals surface area contributed by atoms with Crippen LogP contribution in [0.1, 0.15) is 46.5 Å². The standard InChI is InChI=1S/C25H33NO7.ClH/c1-12(2)23-18(32-23)19-25(33-19)22(3)8-6-13-14(11-29-20(13)28)15(22)10-16-24(25,31-16)21(23)30-17(27)7-9-26(4)5;/h12,15-16,18-19,21H,6-11H2,1-5H3;1H/t15-,16-,18-,19-,21?,22-,23-,24+,25+;/m0./s1. The number of carbonyl (C=O) groups excluding carboxylic acids is 2. The molecule has 0 bridgehead atoms. The Morgan fingerprint density at radius 3 is 2.68 bits per heavy atom. The van der Waals surface area contributed by atoms with E-state index >= 15 is 0 Å². The van der Waals surface area contributed by atoms with Gasteiger partial charge in [0.15, 0.2) is 11.7 Å². The fraction of sp³-hybridized carbons (Fsp3) is 0.840. The first-order chi connectivity index (χ1) is 15.6. The summed E-state index contributed by atoms with van der Waals surface area (Å²) in [6.07, 6.45) is 1.96. The molecule has 8 nitrogen and oxygen atoms in total. The third kappa shape index (κ3) is 2.36. The molecule has 4 aliphatic heterocycles. The van der Waals surface area contributed by atoms with E-state index in [9.17, 15) is 9.59 Å². The summed E-state index contributed by atoms with van der Waals surface area (Å²) in [7, 11) is 3.90. The van der Waals surface area contributed by atoms with Gasteiger partial charge < -0.3 is 28.6 Å². The van der Waals surface area contributed by atoms with Gasteiger partial charge in [-0.25, -0.2) is 4.79 Å². The molecule has 0 aromatic heterocycles. The van der Waals surface area contributed by atoms with Crippen LogP contribution in [-0.2, 0) is 33.3 Å². The SMILES string of the molecule is CC(C)[C@]12O[C@H]1[C@@H]1O[C@@]13[C@@]1(C)CCC4=C(COC4=O)[C@@H]1C[C@@H]1O[C@@]13C2OC(=O)CCN(C)C.Cl. The molecule has 9 heteroatoms. The molecule has 2 saturated carbocycles. The van der Waals surface area contributed by atoms with Crippen LogP contribution in [0.4, 0.5) is 0 Å². The average molecular weight is 496 g/mol. The van der Waals surface area contributed by atoms with Gasteiger partial charge in [-0.3, -0.25) is 4.79 Å². The number of hydrogen-bond acceptors (Lipinski definition) is 8. The molecule has 1 unspecified atom stereocenters. The molecule has 7 rings (SSSR count). The first-order valence-electron chi connectivity index (χ1n) is 12.4. The lowest BCUT2D eigenvalue weighted by molar-refractivity contribution is -0.169. The average Bonchev–Trinajstić information content (AvgIpc) is 3.65. The zero-order chi connectivity index (χ0) is 23.1. The topological polar surface area (TPSA) is 93.4 Å². The van der Waals surface area contributed by atoms with E-state index in [2.05, 4.69) is 20.8 Å². The summed E-state index contributed by atoms with van der Waals surface area (Å²) in [5.74, 6) is -0.0278. The second-order valence-corrected chi connectivity index (χ2v) is 11.9. The van der Waals surface area contributed by atoms with E-state index in [1.54, 1.807) is 0 Å². The number of cyclic esters (lactones) is 1. The summed E-state index contributed by atoms with van der Waals surface area (Å²) in [5, 5.41) is 0. The molecule has 9 atom stereocenters. The maximum Gasteiger partial charge on any atom is 0.334 e. The fourth-order valence-corrected chi connectivity index (χ4v) is 8.35. The second-order valence-electron chi connectivity index (χ2n) is 11.9. The highest BCUT2D eigenvalue weighted by atomic mass is 35.5. The molecule has 4 heterocycles. The number of hydrogen-bond donors (Lipinski definition) is 0. The van der Waals surface area contributed by atoms with Crippen LogP contribution < -0.4 is 0 Å². The number of halogens is 1. The molecule has 3 saturated heterocycles. The highest BCUT2D eigenvalue weighted by molar-refractivity contribution is 5.92. The molecule has 0 aromatic carbocycles. The molecular formula is C25H34ClNO7. The fourth-order valence-electron chi connectivity index (χ4n) is 8.35. The smallest absolute Gasteiger partial charge is 0.334 e. The molecule has 0 radical (unpaired) electrons. The molecule has 188 valence electrons. The van der Waals surface area contributed by atoms with Crippen LogP contribution in [0.2, 0.25) is 0 Å². The lowest BCUT2D eigenvalue weighted by Gasteiger charge is -2.53. The van der Waals surface area contributed by atoms with Crippen molar-refractivity contribution in [3.63, 3.8) is 0 Å². The van der Waals surface area contributed by atoms with Crippen molar-refractivity contribution in [3.05, 3.63) is 11.1 Å².